The van der Waals surface area contributed by atoms with Gasteiger partial charge in [-0.3, -0.25) is 0 Å². The maximum Gasteiger partial charge on any atom is 0.141 e. The first-order chi connectivity index (χ1) is 16.2. The average Bonchev–Trinajstić information content (AvgIpc) is 2.85. The van der Waals surface area contributed by atoms with Gasteiger partial charge in [0.2, 0.25) is 0 Å². The van der Waals surface area contributed by atoms with Crippen LogP contribution in [0.1, 0.15) is 133 Å². The highest BCUT2D eigenvalue weighted by molar-refractivity contribution is 5.35. The molecule has 0 saturated heterocycles. The van der Waals surface area contributed by atoms with E-state index in [2.05, 4.69) is 19.1 Å². The van der Waals surface area contributed by atoms with Gasteiger partial charge < -0.3 is 0 Å². The van der Waals surface area contributed by atoms with Crippen LogP contribution in [0, 0.1) is 34.9 Å². The van der Waals surface area contributed by atoms with Gasteiger partial charge in [0.1, 0.15) is 11.9 Å². The molecule has 0 unspecified atom stereocenters. The van der Waals surface area contributed by atoms with Gasteiger partial charge in [-0.25, -0.2) is 4.39 Å². The van der Waals surface area contributed by atoms with Crippen molar-refractivity contribution in [2.45, 2.75) is 122 Å². The van der Waals surface area contributed by atoms with E-state index >= 15 is 0 Å². The summed E-state index contributed by atoms with van der Waals surface area (Å²) in [5, 5.41) is 8.93. The minimum absolute atomic E-state index is 0.155. The molecule has 2 aliphatic carbocycles. The SMILES string of the molecule is CCCCCCCCCC[C@H]1CC[C@H](C=C[C@H]2CC[C@H](c3ccc(C#N)c(F)c3)CC2)CC1. The van der Waals surface area contributed by atoms with Crippen LogP contribution >= 0.6 is 0 Å². The Bertz CT molecular complexity index is 745. The fourth-order valence-corrected chi connectivity index (χ4v) is 6.07. The number of rotatable bonds is 12. The third-order valence-corrected chi connectivity index (χ3v) is 8.37. The van der Waals surface area contributed by atoms with Crippen molar-refractivity contribution in [3.63, 3.8) is 0 Å². The van der Waals surface area contributed by atoms with Crippen molar-refractivity contribution in [1.29, 1.82) is 5.26 Å². The summed E-state index contributed by atoms with van der Waals surface area (Å²) in [7, 11) is 0. The quantitative estimate of drug-likeness (QED) is 0.229. The molecule has 182 valence electrons. The molecular weight excluding hydrogens is 405 g/mol. The first kappa shape index (κ1) is 26.0. The van der Waals surface area contributed by atoms with E-state index in [0.717, 1.165) is 30.2 Å². The fraction of sp³-hybridized carbons (Fsp3) is 0.710. The van der Waals surface area contributed by atoms with Crippen LogP contribution in [0.25, 0.3) is 0 Å². The highest BCUT2D eigenvalue weighted by Crippen LogP contribution is 2.38. The number of nitrogens with zero attached hydrogens (tertiary/aromatic N) is 1. The minimum atomic E-state index is -0.366. The lowest BCUT2D eigenvalue weighted by molar-refractivity contribution is 0.287. The zero-order chi connectivity index (χ0) is 23.3. The Morgan fingerprint density at radius 3 is 1.97 bits per heavy atom. The lowest BCUT2D eigenvalue weighted by atomic mass is 9.76. The summed E-state index contributed by atoms with van der Waals surface area (Å²) in [6.07, 6.45) is 28.3. The molecule has 0 N–H and O–H groups in total. The number of halogens is 1. The van der Waals surface area contributed by atoms with Crippen LogP contribution in [0.4, 0.5) is 4.39 Å². The second-order valence-electron chi connectivity index (χ2n) is 10.9. The van der Waals surface area contributed by atoms with Crippen molar-refractivity contribution < 1.29 is 4.39 Å². The third kappa shape index (κ3) is 8.92. The highest BCUT2D eigenvalue weighted by Gasteiger charge is 2.23. The molecule has 0 spiro atoms. The Morgan fingerprint density at radius 2 is 1.39 bits per heavy atom. The molecule has 2 heteroatoms. The van der Waals surface area contributed by atoms with Crippen molar-refractivity contribution in [3.05, 3.63) is 47.3 Å². The van der Waals surface area contributed by atoms with Gasteiger partial charge in [-0.1, -0.05) is 82.9 Å². The van der Waals surface area contributed by atoms with Gasteiger partial charge in [-0.05, 0) is 92.7 Å². The molecule has 1 nitrogen and oxygen atoms in total. The van der Waals surface area contributed by atoms with Gasteiger partial charge in [0.25, 0.3) is 0 Å². The summed E-state index contributed by atoms with van der Waals surface area (Å²) in [6.45, 7) is 2.29. The van der Waals surface area contributed by atoms with E-state index in [9.17, 15) is 4.39 Å². The van der Waals surface area contributed by atoms with Gasteiger partial charge in [0.05, 0.1) is 5.56 Å². The zero-order valence-electron chi connectivity index (χ0n) is 21.0. The van der Waals surface area contributed by atoms with Crippen molar-refractivity contribution in [1.82, 2.24) is 0 Å². The Labute approximate surface area is 202 Å². The molecule has 33 heavy (non-hydrogen) atoms. The molecule has 3 rings (SSSR count). The molecular formula is C31H46FN. The molecule has 2 fully saturated rings. The average molecular weight is 452 g/mol. The van der Waals surface area contributed by atoms with E-state index in [1.54, 1.807) is 12.1 Å². The number of benzene rings is 1. The van der Waals surface area contributed by atoms with Crippen LogP contribution < -0.4 is 0 Å². The molecule has 0 radical (unpaired) electrons. The highest BCUT2D eigenvalue weighted by atomic mass is 19.1. The molecule has 1 aromatic rings. The molecule has 0 atom stereocenters. The van der Waals surface area contributed by atoms with Crippen LogP contribution in [-0.4, -0.2) is 0 Å². The second-order valence-corrected chi connectivity index (χ2v) is 10.9. The predicted molar refractivity (Wildman–Crippen MR) is 138 cm³/mol. The Morgan fingerprint density at radius 1 is 0.818 bits per heavy atom. The predicted octanol–water partition coefficient (Wildman–Crippen LogP) is 9.86. The molecule has 0 aromatic heterocycles. The second kappa shape index (κ2) is 14.6. The Balaban J connectivity index is 1.27. The van der Waals surface area contributed by atoms with Crippen molar-refractivity contribution in [3.8, 4) is 6.07 Å². The number of nitriles is 1. The Kier molecular flexibility index (Phi) is 11.5. The maximum atomic E-state index is 14.0. The van der Waals surface area contributed by atoms with Crippen LogP contribution in [0.5, 0.6) is 0 Å². The topological polar surface area (TPSA) is 23.8 Å². The van der Waals surface area contributed by atoms with E-state index in [-0.39, 0.29) is 11.4 Å². The van der Waals surface area contributed by atoms with Crippen LogP contribution in [0.15, 0.2) is 30.4 Å². The van der Waals surface area contributed by atoms with Gasteiger partial charge in [0.15, 0.2) is 0 Å². The molecule has 1 aromatic carbocycles. The molecule has 0 aliphatic heterocycles. The largest absolute Gasteiger partial charge is 0.206 e. The number of allylic oxidation sites excluding steroid dienone is 2. The smallest absolute Gasteiger partial charge is 0.141 e. The van der Waals surface area contributed by atoms with Gasteiger partial charge in [-0.15, -0.1) is 0 Å². The monoisotopic (exact) mass is 451 g/mol. The molecule has 2 saturated carbocycles. The normalized spacial score (nSPS) is 25.8. The van der Waals surface area contributed by atoms with Gasteiger partial charge in [0, 0.05) is 0 Å². The van der Waals surface area contributed by atoms with Gasteiger partial charge >= 0.3 is 0 Å². The first-order valence-corrected chi connectivity index (χ1v) is 14.1. The third-order valence-electron chi connectivity index (χ3n) is 8.37. The summed E-state index contributed by atoms with van der Waals surface area (Å²) in [5.41, 5.74) is 1.23. The van der Waals surface area contributed by atoms with Gasteiger partial charge in [-0.2, -0.15) is 5.26 Å². The van der Waals surface area contributed by atoms with E-state index in [1.165, 1.54) is 96.3 Å². The van der Waals surface area contributed by atoms with Crippen LogP contribution in [-0.2, 0) is 0 Å². The number of unbranched alkanes of at least 4 members (excludes halogenated alkanes) is 7. The summed E-state index contributed by atoms with van der Waals surface area (Å²) >= 11 is 0. The van der Waals surface area contributed by atoms with E-state index < -0.39 is 0 Å². The Hall–Kier alpha value is -1.62. The summed E-state index contributed by atoms with van der Waals surface area (Å²) in [4.78, 5) is 0. The lowest BCUT2D eigenvalue weighted by Crippen LogP contribution is -2.15. The lowest BCUT2D eigenvalue weighted by Gasteiger charge is -2.29. The summed E-state index contributed by atoms with van der Waals surface area (Å²) in [6, 6.07) is 7.10. The molecule has 0 amide bonds. The van der Waals surface area contributed by atoms with Crippen molar-refractivity contribution in [2.24, 2.45) is 17.8 Å². The first-order valence-electron chi connectivity index (χ1n) is 14.1. The summed E-state index contributed by atoms with van der Waals surface area (Å²) < 4.78 is 14.0. The van der Waals surface area contributed by atoms with E-state index in [0.29, 0.717) is 11.8 Å². The summed E-state index contributed by atoms with van der Waals surface area (Å²) in [5.74, 6) is 2.56. The molecule has 0 bridgehead atoms. The minimum Gasteiger partial charge on any atom is -0.206 e. The standard InChI is InChI=1S/C31H46FN/c1-2-3-4-5-6-7-8-9-10-25-11-13-26(14-12-25)15-16-27-17-19-28(20-18-27)29-21-22-30(24-33)31(32)23-29/h15-16,21-23,25-28H,2-14,17-20H2,1H3/t25-,26-,27-,28-. The van der Waals surface area contributed by atoms with E-state index in [4.69, 9.17) is 5.26 Å². The number of hydrogen-bond donors (Lipinski definition) is 0. The fourth-order valence-electron chi connectivity index (χ4n) is 6.07. The number of hydrogen-bond acceptors (Lipinski definition) is 1. The molecule has 2 aliphatic rings. The zero-order valence-corrected chi connectivity index (χ0v) is 21.0. The van der Waals surface area contributed by atoms with Crippen LogP contribution in [0.3, 0.4) is 0 Å². The van der Waals surface area contributed by atoms with Crippen LogP contribution in [0.2, 0.25) is 0 Å². The maximum absolute atomic E-state index is 14.0. The van der Waals surface area contributed by atoms with Crippen molar-refractivity contribution in [2.75, 3.05) is 0 Å². The molecule has 0 heterocycles. The van der Waals surface area contributed by atoms with E-state index in [1.807, 2.05) is 12.1 Å². The van der Waals surface area contributed by atoms with Crippen molar-refractivity contribution >= 4 is 0 Å².